The van der Waals surface area contributed by atoms with E-state index in [4.69, 9.17) is 12.2 Å². The number of amides is 2. The van der Waals surface area contributed by atoms with Gasteiger partial charge in [0.2, 0.25) is 5.91 Å². The van der Waals surface area contributed by atoms with Crippen molar-refractivity contribution in [3.63, 3.8) is 0 Å². The number of rotatable bonds is 10. The highest BCUT2D eigenvalue weighted by Gasteiger charge is 2.17. The Morgan fingerprint density at radius 1 is 0.909 bits per heavy atom. The van der Waals surface area contributed by atoms with E-state index in [1.54, 1.807) is 24.3 Å². The molecular weight excluding hydrogens is 430 g/mol. The zero-order chi connectivity index (χ0) is 24.4. The molecule has 1 atom stereocenters. The molecule has 0 radical (unpaired) electrons. The lowest BCUT2D eigenvalue weighted by atomic mass is 9.96. The summed E-state index contributed by atoms with van der Waals surface area (Å²) in [6.07, 6.45) is 2.88. The molecule has 2 rings (SSSR count). The molecule has 0 aliphatic rings. The van der Waals surface area contributed by atoms with Crippen LogP contribution < -0.4 is 10.6 Å². The maximum atomic E-state index is 12.7. The Morgan fingerprint density at radius 2 is 1.48 bits per heavy atom. The minimum absolute atomic E-state index is 0.0365. The Morgan fingerprint density at radius 3 is 2.00 bits per heavy atom. The maximum absolute atomic E-state index is 12.7. The van der Waals surface area contributed by atoms with Gasteiger partial charge in [0, 0.05) is 24.3 Å². The van der Waals surface area contributed by atoms with E-state index < -0.39 is 0 Å². The van der Waals surface area contributed by atoms with Crippen molar-refractivity contribution in [2.75, 3.05) is 18.4 Å². The first-order chi connectivity index (χ1) is 15.7. The predicted molar refractivity (Wildman–Crippen MR) is 141 cm³/mol. The van der Waals surface area contributed by atoms with Gasteiger partial charge in [-0.15, -0.1) is 0 Å². The molecule has 0 saturated carbocycles. The first-order valence-electron chi connectivity index (χ1n) is 11.8. The molecule has 5 nitrogen and oxygen atoms in total. The molecule has 0 saturated heterocycles. The highest BCUT2D eigenvalue weighted by Crippen LogP contribution is 2.18. The molecule has 2 N–H and O–H groups in total. The minimum Gasteiger partial charge on any atom is -0.339 e. The molecule has 178 valence electrons. The largest absolute Gasteiger partial charge is 0.339 e. The molecule has 2 aromatic carbocycles. The Balaban J connectivity index is 1.93. The van der Waals surface area contributed by atoms with Gasteiger partial charge in [-0.05, 0) is 79.7 Å². The monoisotopic (exact) mass is 467 g/mol. The highest BCUT2D eigenvalue weighted by molar-refractivity contribution is 7.80. The fraction of sp³-hybridized carbons (Fsp3) is 0.444. The van der Waals surface area contributed by atoms with Gasteiger partial charge >= 0.3 is 0 Å². The van der Waals surface area contributed by atoms with Gasteiger partial charge in [-0.25, -0.2) is 0 Å². The Hall–Kier alpha value is -2.73. The van der Waals surface area contributed by atoms with Crippen molar-refractivity contribution in [2.24, 2.45) is 5.92 Å². The topological polar surface area (TPSA) is 61.4 Å². The lowest BCUT2D eigenvalue weighted by Gasteiger charge is -2.21. The standard InChI is InChI=1S/C27H37N3O2S/c1-6-16-30(17-7-2)26(32)23-12-14-24(15-13-23)28-27(33)29-25(31)20(5)22-10-8-21(9-11-22)18-19(3)4/h8-15,19-20H,6-7,16-18H2,1-5H3,(H2,28,29,31,33). The average molecular weight is 468 g/mol. The summed E-state index contributed by atoms with van der Waals surface area (Å²) in [6, 6.07) is 15.4. The summed E-state index contributed by atoms with van der Waals surface area (Å²) in [5.41, 5.74) is 3.59. The number of nitrogens with one attached hydrogen (secondary N) is 2. The lowest BCUT2D eigenvalue weighted by molar-refractivity contribution is -0.120. The quantitative estimate of drug-likeness (QED) is 0.436. The number of anilines is 1. The molecule has 2 amide bonds. The number of carbonyl (C=O) groups is 2. The third-order valence-corrected chi connectivity index (χ3v) is 5.62. The number of benzene rings is 2. The Bertz CT molecular complexity index is 917. The van der Waals surface area contributed by atoms with Crippen LogP contribution in [-0.4, -0.2) is 34.9 Å². The summed E-state index contributed by atoms with van der Waals surface area (Å²) in [7, 11) is 0. The molecule has 6 heteroatoms. The van der Waals surface area contributed by atoms with E-state index in [2.05, 4.69) is 50.5 Å². The number of thiocarbonyl (C=S) groups is 1. The molecule has 0 aliphatic heterocycles. The highest BCUT2D eigenvalue weighted by atomic mass is 32.1. The van der Waals surface area contributed by atoms with Crippen LogP contribution in [0.5, 0.6) is 0 Å². The Kier molecular flexibility index (Phi) is 10.5. The third-order valence-electron chi connectivity index (χ3n) is 5.42. The molecule has 1 unspecified atom stereocenters. The van der Waals surface area contributed by atoms with Crippen molar-refractivity contribution in [1.82, 2.24) is 10.2 Å². The summed E-state index contributed by atoms with van der Waals surface area (Å²) < 4.78 is 0. The van der Waals surface area contributed by atoms with Gasteiger partial charge in [0.25, 0.3) is 5.91 Å². The molecule has 0 aromatic heterocycles. The summed E-state index contributed by atoms with van der Waals surface area (Å²) in [5, 5.41) is 6.04. The average Bonchev–Trinajstić information content (AvgIpc) is 2.78. The number of carbonyl (C=O) groups excluding carboxylic acids is 2. The second-order valence-electron chi connectivity index (χ2n) is 8.87. The molecule has 0 heterocycles. The zero-order valence-electron chi connectivity index (χ0n) is 20.5. The second-order valence-corrected chi connectivity index (χ2v) is 9.28. The van der Waals surface area contributed by atoms with E-state index in [0.717, 1.165) is 43.6 Å². The summed E-state index contributed by atoms with van der Waals surface area (Å²) in [6.45, 7) is 11.9. The van der Waals surface area contributed by atoms with E-state index in [9.17, 15) is 9.59 Å². The van der Waals surface area contributed by atoms with Crippen LogP contribution in [0, 0.1) is 5.92 Å². The van der Waals surface area contributed by atoms with Crippen molar-refractivity contribution in [3.05, 3.63) is 65.2 Å². The summed E-state index contributed by atoms with van der Waals surface area (Å²) in [5.74, 6) is 0.153. The SMILES string of the molecule is CCCN(CCC)C(=O)c1ccc(NC(=S)NC(=O)C(C)c2ccc(CC(C)C)cc2)cc1. The number of hydrogen-bond acceptors (Lipinski definition) is 3. The van der Waals surface area contributed by atoms with Gasteiger partial charge in [0.05, 0.1) is 5.92 Å². The van der Waals surface area contributed by atoms with Crippen LogP contribution in [0.2, 0.25) is 0 Å². The van der Waals surface area contributed by atoms with E-state index in [0.29, 0.717) is 11.5 Å². The van der Waals surface area contributed by atoms with Crippen LogP contribution in [0.25, 0.3) is 0 Å². The van der Waals surface area contributed by atoms with E-state index >= 15 is 0 Å². The fourth-order valence-corrected chi connectivity index (χ4v) is 3.90. The second kappa shape index (κ2) is 13.1. The molecule has 0 aliphatic carbocycles. The van der Waals surface area contributed by atoms with Gasteiger partial charge in [-0.2, -0.15) is 0 Å². The van der Waals surface area contributed by atoms with E-state index in [1.807, 2.05) is 24.0 Å². The van der Waals surface area contributed by atoms with Gasteiger partial charge in [0.15, 0.2) is 5.11 Å². The fourth-order valence-electron chi connectivity index (χ4n) is 3.68. The third kappa shape index (κ3) is 8.28. The van der Waals surface area contributed by atoms with Crippen molar-refractivity contribution >= 4 is 34.8 Å². The molecule has 0 bridgehead atoms. The molecular formula is C27H37N3O2S. The van der Waals surface area contributed by atoms with Crippen LogP contribution in [0.15, 0.2) is 48.5 Å². The molecule has 33 heavy (non-hydrogen) atoms. The van der Waals surface area contributed by atoms with Gasteiger partial charge < -0.3 is 15.5 Å². The van der Waals surface area contributed by atoms with Crippen LogP contribution in [0.1, 0.15) is 74.9 Å². The zero-order valence-corrected chi connectivity index (χ0v) is 21.3. The van der Waals surface area contributed by atoms with Gasteiger partial charge in [-0.1, -0.05) is 52.0 Å². The number of nitrogens with zero attached hydrogens (tertiary/aromatic N) is 1. The van der Waals surface area contributed by atoms with Gasteiger partial charge in [0.1, 0.15) is 0 Å². The van der Waals surface area contributed by atoms with Crippen LogP contribution in [0.4, 0.5) is 5.69 Å². The van der Waals surface area contributed by atoms with E-state index in [1.165, 1.54) is 5.56 Å². The lowest BCUT2D eigenvalue weighted by Crippen LogP contribution is -2.36. The molecule has 2 aromatic rings. The first kappa shape index (κ1) is 26.5. The van der Waals surface area contributed by atoms with Crippen LogP contribution in [0.3, 0.4) is 0 Å². The first-order valence-corrected chi connectivity index (χ1v) is 12.3. The molecule has 0 fully saturated rings. The van der Waals surface area contributed by atoms with E-state index in [-0.39, 0.29) is 22.8 Å². The minimum atomic E-state index is -0.319. The maximum Gasteiger partial charge on any atom is 0.253 e. The normalized spacial score (nSPS) is 11.7. The van der Waals surface area contributed by atoms with Crippen molar-refractivity contribution in [1.29, 1.82) is 0 Å². The summed E-state index contributed by atoms with van der Waals surface area (Å²) >= 11 is 5.33. The van der Waals surface area contributed by atoms with Gasteiger partial charge in [-0.3, -0.25) is 9.59 Å². The van der Waals surface area contributed by atoms with Crippen molar-refractivity contribution < 1.29 is 9.59 Å². The predicted octanol–water partition coefficient (Wildman–Crippen LogP) is 5.76. The van der Waals surface area contributed by atoms with Crippen molar-refractivity contribution in [2.45, 2.75) is 59.8 Å². The van der Waals surface area contributed by atoms with Crippen molar-refractivity contribution in [3.8, 4) is 0 Å². The summed E-state index contributed by atoms with van der Waals surface area (Å²) in [4.78, 5) is 27.2. The molecule has 0 spiro atoms. The van der Waals surface area contributed by atoms with Crippen LogP contribution in [-0.2, 0) is 11.2 Å². The Labute approximate surface area is 204 Å². The van der Waals surface area contributed by atoms with Crippen LogP contribution >= 0.6 is 12.2 Å². The number of hydrogen-bond donors (Lipinski definition) is 2. The smallest absolute Gasteiger partial charge is 0.253 e.